The lowest BCUT2D eigenvalue weighted by Crippen LogP contribution is -2.25. The molecule has 3 heterocycles. The molecule has 3 aromatic rings. The van der Waals surface area contributed by atoms with Crippen LogP contribution in [0.4, 0.5) is 14.6 Å². The summed E-state index contributed by atoms with van der Waals surface area (Å²) in [7, 11) is 0. The first-order valence-corrected chi connectivity index (χ1v) is 8.15. The van der Waals surface area contributed by atoms with E-state index in [9.17, 15) is 13.6 Å². The quantitative estimate of drug-likeness (QED) is 0.763. The number of carboxylic acids is 1. The van der Waals surface area contributed by atoms with Gasteiger partial charge < -0.3 is 10.0 Å². The molecule has 2 aromatic heterocycles. The summed E-state index contributed by atoms with van der Waals surface area (Å²) < 4.78 is 29.5. The molecule has 0 spiro atoms. The van der Waals surface area contributed by atoms with Gasteiger partial charge in [-0.3, -0.25) is 0 Å². The maximum Gasteiger partial charge on any atom is 0.335 e. The van der Waals surface area contributed by atoms with Crippen LogP contribution in [0.5, 0.6) is 0 Å². The molecule has 27 heavy (non-hydrogen) atoms. The van der Waals surface area contributed by atoms with Crippen molar-refractivity contribution in [3.05, 3.63) is 59.2 Å². The van der Waals surface area contributed by atoms with Crippen molar-refractivity contribution in [1.82, 2.24) is 14.6 Å². The van der Waals surface area contributed by atoms with E-state index in [-0.39, 0.29) is 24.1 Å². The average molecular weight is 369 g/mol. The molecule has 0 bridgehead atoms. The molecule has 0 amide bonds. The third kappa shape index (κ3) is 2.95. The molecule has 136 valence electrons. The molecule has 1 aliphatic rings. The topological polar surface area (TPSA) is 94.5 Å². The Hall–Kier alpha value is -3.54. The molecular formula is C18H13F2N5O2. The molecule has 1 aromatic carbocycles. The van der Waals surface area contributed by atoms with Crippen LogP contribution >= 0.6 is 0 Å². The van der Waals surface area contributed by atoms with Crippen molar-refractivity contribution in [1.29, 1.82) is 5.26 Å². The minimum atomic E-state index is -1.26. The second-order valence-corrected chi connectivity index (χ2v) is 6.30. The van der Waals surface area contributed by atoms with Gasteiger partial charge in [0.1, 0.15) is 29.4 Å². The van der Waals surface area contributed by atoms with Gasteiger partial charge in [0, 0.05) is 12.6 Å². The Kier molecular flexibility index (Phi) is 3.96. The van der Waals surface area contributed by atoms with E-state index in [0.29, 0.717) is 17.0 Å². The fourth-order valence-electron chi connectivity index (χ4n) is 3.38. The van der Waals surface area contributed by atoms with E-state index in [1.807, 2.05) is 6.07 Å². The number of anilines is 1. The summed E-state index contributed by atoms with van der Waals surface area (Å²) in [5.41, 5.74) is 0.784. The summed E-state index contributed by atoms with van der Waals surface area (Å²) in [6, 6.07) is 6.53. The van der Waals surface area contributed by atoms with Crippen LogP contribution in [0, 0.1) is 17.1 Å². The van der Waals surface area contributed by atoms with Gasteiger partial charge in [-0.25, -0.2) is 23.1 Å². The van der Waals surface area contributed by atoms with Gasteiger partial charge in [0.2, 0.25) is 0 Å². The first-order valence-electron chi connectivity index (χ1n) is 8.15. The predicted octanol–water partition coefficient (Wildman–Crippen LogP) is 2.73. The Labute approximate surface area is 152 Å². The molecule has 0 unspecified atom stereocenters. The number of aromatic carboxylic acids is 1. The minimum Gasteiger partial charge on any atom is -0.478 e. The molecule has 7 nitrogen and oxygen atoms in total. The maximum atomic E-state index is 14.2. The predicted molar refractivity (Wildman–Crippen MR) is 90.7 cm³/mol. The van der Waals surface area contributed by atoms with E-state index in [2.05, 4.69) is 10.1 Å². The van der Waals surface area contributed by atoms with Gasteiger partial charge in [-0.1, -0.05) is 0 Å². The summed E-state index contributed by atoms with van der Waals surface area (Å²) >= 11 is 0. The number of hydrogen-bond acceptors (Lipinski definition) is 5. The smallest absolute Gasteiger partial charge is 0.335 e. The van der Waals surface area contributed by atoms with Crippen LogP contribution in [-0.4, -0.2) is 38.4 Å². The Balaban J connectivity index is 1.78. The molecule has 4 rings (SSSR count). The standard InChI is InChI=1S/C18H13F2N5O2/c19-13-4-10(3-11(5-13)18(26)27)15-6-14(20)9-24(15)16-1-2-25-17(23-16)12(7-21)8-22-25/h1-5,8,14-15H,6,9H2,(H,26,27)/t14-,15+/m0/s1. The Morgan fingerprint density at radius 1 is 1.37 bits per heavy atom. The Morgan fingerprint density at radius 3 is 2.93 bits per heavy atom. The number of alkyl halides is 1. The van der Waals surface area contributed by atoms with Gasteiger partial charge in [-0.15, -0.1) is 0 Å². The van der Waals surface area contributed by atoms with E-state index >= 15 is 0 Å². The fourth-order valence-corrected chi connectivity index (χ4v) is 3.38. The van der Waals surface area contributed by atoms with Gasteiger partial charge in [-0.05, 0) is 29.8 Å². The van der Waals surface area contributed by atoms with E-state index in [0.717, 1.165) is 6.07 Å². The Morgan fingerprint density at radius 2 is 2.19 bits per heavy atom. The number of nitrogens with zero attached hydrogens (tertiary/aromatic N) is 5. The van der Waals surface area contributed by atoms with E-state index < -0.39 is 24.0 Å². The summed E-state index contributed by atoms with van der Waals surface area (Å²) in [4.78, 5) is 17.3. The highest BCUT2D eigenvalue weighted by Crippen LogP contribution is 2.37. The number of carbonyl (C=O) groups is 1. The van der Waals surface area contributed by atoms with E-state index in [1.165, 1.54) is 22.8 Å². The maximum absolute atomic E-state index is 14.2. The van der Waals surface area contributed by atoms with Crippen LogP contribution in [0.2, 0.25) is 0 Å². The molecular weight excluding hydrogens is 356 g/mol. The van der Waals surface area contributed by atoms with Gasteiger partial charge >= 0.3 is 5.97 Å². The zero-order chi connectivity index (χ0) is 19.1. The number of benzene rings is 1. The summed E-state index contributed by atoms with van der Waals surface area (Å²) in [5.74, 6) is -1.54. The molecule has 1 fully saturated rings. The van der Waals surface area contributed by atoms with Crippen LogP contribution < -0.4 is 4.90 Å². The highest BCUT2D eigenvalue weighted by atomic mass is 19.1. The molecule has 0 saturated carbocycles. The van der Waals surface area contributed by atoms with Gasteiger partial charge in [-0.2, -0.15) is 10.4 Å². The zero-order valence-corrected chi connectivity index (χ0v) is 13.9. The minimum absolute atomic E-state index is 0.0305. The molecule has 2 atom stereocenters. The van der Waals surface area contributed by atoms with Crippen LogP contribution in [0.1, 0.15) is 33.9 Å². The number of fused-ring (bicyclic) bond motifs is 1. The molecule has 1 saturated heterocycles. The van der Waals surface area contributed by atoms with E-state index in [4.69, 9.17) is 10.4 Å². The molecule has 0 aliphatic carbocycles. The first-order chi connectivity index (χ1) is 13.0. The number of hydrogen-bond donors (Lipinski definition) is 1. The monoisotopic (exact) mass is 369 g/mol. The molecule has 0 radical (unpaired) electrons. The van der Waals surface area contributed by atoms with Crippen LogP contribution in [0.15, 0.2) is 36.7 Å². The Bertz CT molecular complexity index is 1090. The van der Waals surface area contributed by atoms with Crippen molar-refractivity contribution in [2.75, 3.05) is 11.4 Å². The van der Waals surface area contributed by atoms with Crippen molar-refractivity contribution in [2.24, 2.45) is 0 Å². The number of nitriles is 1. The van der Waals surface area contributed by atoms with Gasteiger partial charge in [0.15, 0.2) is 5.65 Å². The van der Waals surface area contributed by atoms with E-state index in [1.54, 1.807) is 17.2 Å². The lowest BCUT2D eigenvalue weighted by molar-refractivity contribution is 0.0696. The summed E-state index contributed by atoms with van der Waals surface area (Å²) in [6.07, 6.45) is 1.90. The summed E-state index contributed by atoms with van der Waals surface area (Å²) in [6.45, 7) is 0.0305. The normalized spacial score (nSPS) is 19.4. The third-order valence-electron chi connectivity index (χ3n) is 4.57. The number of rotatable bonds is 3. The SMILES string of the molecule is N#Cc1cnn2ccc(N3C[C@@H](F)C[C@@H]3c3cc(F)cc(C(=O)O)c3)nc12. The highest BCUT2D eigenvalue weighted by Gasteiger charge is 2.35. The molecule has 9 heteroatoms. The lowest BCUT2D eigenvalue weighted by Gasteiger charge is -2.26. The van der Waals surface area contributed by atoms with Crippen molar-refractivity contribution >= 4 is 17.4 Å². The van der Waals surface area contributed by atoms with Crippen LogP contribution in [-0.2, 0) is 0 Å². The van der Waals surface area contributed by atoms with Crippen molar-refractivity contribution in [3.8, 4) is 6.07 Å². The second kappa shape index (κ2) is 6.32. The van der Waals surface area contributed by atoms with Gasteiger partial charge in [0.25, 0.3) is 0 Å². The zero-order valence-electron chi connectivity index (χ0n) is 13.9. The molecule has 1 N–H and O–H groups in total. The van der Waals surface area contributed by atoms with Crippen LogP contribution in [0.3, 0.4) is 0 Å². The van der Waals surface area contributed by atoms with Gasteiger partial charge in [0.05, 0.1) is 24.3 Å². The number of carboxylic acid groups (broad SMARTS) is 1. The van der Waals surface area contributed by atoms with Crippen LogP contribution in [0.25, 0.3) is 5.65 Å². The number of halogens is 2. The first kappa shape index (κ1) is 16.9. The average Bonchev–Trinajstić information content (AvgIpc) is 3.23. The second-order valence-electron chi connectivity index (χ2n) is 6.30. The highest BCUT2D eigenvalue weighted by molar-refractivity contribution is 5.87. The lowest BCUT2D eigenvalue weighted by atomic mass is 10.0. The van der Waals surface area contributed by atoms with Crippen molar-refractivity contribution < 1.29 is 18.7 Å². The fraction of sp³-hybridized carbons (Fsp3) is 0.222. The van der Waals surface area contributed by atoms with Crippen molar-refractivity contribution in [3.63, 3.8) is 0 Å². The van der Waals surface area contributed by atoms with Crippen molar-refractivity contribution in [2.45, 2.75) is 18.6 Å². The largest absolute Gasteiger partial charge is 0.478 e. The third-order valence-corrected chi connectivity index (χ3v) is 4.57. The number of aromatic nitrogens is 3. The summed E-state index contributed by atoms with van der Waals surface area (Å²) in [5, 5.41) is 22.3. The molecule has 1 aliphatic heterocycles.